The quantitative estimate of drug-likeness (QED) is 0.303. The molecule has 2 N–H and O–H groups in total. The minimum atomic E-state index is -2.68. The number of anilines is 1. The maximum absolute atomic E-state index is 13.2. The summed E-state index contributed by atoms with van der Waals surface area (Å²) in [6.45, 7) is 1.65. The lowest BCUT2D eigenvalue weighted by atomic mass is 9.81. The number of hydrogen-bond donors (Lipinski definition) is 2. The fourth-order valence-corrected chi connectivity index (χ4v) is 5.89. The van der Waals surface area contributed by atoms with Crippen molar-refractivity contribution >= 4 is 45.9 Å². The van der Waals surface area contributed by atoms with Crippen LogP contribution in [0.25, 0.3) is 0 Å². The molecule has 0 radical (unpaired) electrons. The molecule has 1 aromatic heterocycles. The van der Waals surface area contributed by atoms with Crippen LogP contribution < -0.4 is 5.32 Å². The first-order valence-electron chi connectivity index (χ1n) is 11.7. The average molecular weight is 570 g/mol. The molecule has 0 saturated heterocycles. The number of rotatable bonds is 8. The molecule has 0 spiro atoms. The number of carbonyl (C=O) groups excluding carboxylic acids is 1. The minimum Gasteiger partial charge on any atom is -0.338 e. The van der Waals surface area contributed by atoms with Crippen LogP contribution >= 0.6 is 23.2 Å². The molecule has 1 amide bonds. The van der Waals surface area contributed by atoms with Crippen molar-refractivity contribution in [1.82, 2.24) is 10.1 Å². The summed E-state index contributed by atoms with van der Waals surface area (Å²) in [5, 5.41) is 6.84. The van der Waals surface area contributed by atoms with E-state index in [0.29, 0.717) is 45.6 Å². The summed E-state index contributed by atoms with van der Waals surface area (Å²) in [6.07, 6.45) is 0.838. The average Bonchev–Trinajstić information content (AvgIpc) is 3.43. The molecule has 12 heteroatoms. The minimum absolute atomic E-state index is 0.0861. The maximum Gasteiger partial charge on any atom is 0.249 e. The second-order valence-electron chi connectivity index (χ2n) is 9.70. The van der Waals surface area contributed by atoms with Crippen LogP contribution in [0.5, 0.6) is 0 Å². The van der Waals surface area contributed by atoms with Gasteiger partial charge in [-0.1, -0.05) is 52.6 Å². The third-order valence-corrected chi connectivity index (χ3v) is 8.45. The van der Waals surface area contributed by atoms with Gasteiger partial charge in [-0.3, -0.25) is 4.79 Å². The van der Waals surface area contributed by atoms with Crippen molar-refractivity contribution in [2.75, 3.05) is 5.32 Å². The van der Waals surface area contributed by atoms with Crippen molar-refractivity contribution in [2.45, 2.75) is 61.5 Å². The summed E-state index contributed by atoms with van der Waals surface area (Å²) >= 11 is 11.2. The first-order chi connectivity index (χ1) is 17.5. The molecule has 2 fully saturated rings. The van der Waals surface area contributed by atoms with Crippen LogP contribution in [0.1, 0.15) is 72.2 Å². The summed E-state index contributed by atoms with van der Waals surface area (Å²) in [6, 6.07) is 10.1. The van der Waals surface area contributed by atoms with Crippen LogP contribution in [0.2, 0.25) is 10.0 Å². The summed E-state index contributed by atoms with van der Waals surface area (Å²) in [5.41, 5.74) is 1.79. The first-order valence-corrected chi connectivity index (χ1v) is 13.6. The van der Waals surface area contributed by atoms with Gasteiger partial charge in [-0.15, -0.1) is 0 Å². The van der Waals surface area contributed by atoms with E-state index in [-0.39, 0.29) is 31.0 Å². The standard InChI is InChI=1S/C25H23Cl2F2N3O4S/c1-13(37(34)35)15-4-2-14(3-5-15)8-20(33)30-17-9-18(26)21(19(27)10-17)24(6-7-24)23-31-22(32-36-23)16-11-25(28,29)12-16/h2-5,9-10,13,16H,6-8,11-12H2,1H3,(H,30,33)(H,34,35). The zero-order chi connectivity index (χ0) is 26.5. The highest BCUT2D eigenvalue weighted by atomic mass is 35.5. The summed E-state index contributed by atoms with van der Waals surface area (Å²) in [4.78, 5) is 17.0. The predicted molar refractivity (Wildman–Crippen MR) is 136 cm³/mol. The fourth-order valence-electron chi connectivity index (χ4n) is 4.65. The van der Waals surface area contributed by atoms with Crippen LogP contribution in [0, 0.1) is 0 Å². The molecule has 37 heavy (non-hydrogen) atoms. The van der Waals surface area contributed by atoms with Crippen LogP contribution in [0.15, 0.2) is 40.9 Å². The molecule has 7 nitrogen and oxygen atoms in total. The molecule has 3 aromatic rings. The largest absolute Gasteiger partial charge is 0.338 e. The van der Waals surface area contributed by atoms with E-state index in [1.807, 2.05) is 0 Å². The van der Waals surface area contributed by atoms with Gasteiger partial charge in [0.1, 0.15) is 0 Å². The van der Waals surface area contributed by atoms with Gasteiger partial charge in [0.15, 0.2) is 16.9 Å². The third kappa shape index (κ3) is 5.30. The van der Waals surface area contributed by atoms with Gasteiger partial charge in [0.25, 0.3) is 0 Å². The molecule has 5 rings (SSSR count). The summed E-state index contributed by atoms with van der Waals surface area (Å²) < 4.78 is 52.4. The second kappa shape index (κ2) is 9.72. The van der Waals surface area contributed by atoms with Gasteiger partial charge in [-0.25, -0.2) is 13.0 Å². The second-order valence-corrected chi connectivity index (χ2v) is 11.8. The molecule has 0 bridgehead atoms. The number of aromatic nitrogens is 2. The molecule has 2 atom stereocenters. The van der Waals surface area contributed by atoms with Gasteiger partial charge in [0, 0.05) is 40.1 Å². The Morgan fingerprint density at radius 1 is 1.22 bits per heavy atom. The summed E-state index contributed by atoms with van der Waals surface area (Å²) in [7, 11) is 0. The highest BCUT2D eigenvalue weighted by Gasteiger charge is 2.54. The topological polar surface area (TPSA) is 105 Å². The van der Waals surface area contributed by atoms with E-state index < -0.39 is 33.6 Å². The number of carbonyl (C=O) groups is 1. The third-order valence-electron chi connectivity index (χ3n) is 6.98. The van der Waals surface area contributed by atoms with Crippen molar-refractivity contribution in [1.29, 1.82) is 0 Å². The molecular weight excluding hydrogens is 547 g/mol. The molecule has 0 aliphatic heterocycles. The predicted octanol–water partition coefficient (Wildman–Crippen LogP) is 6.43. The number of benzene rings is 2. The molecule has 196 valence electrons. The molecular formula is C25H23Cl2F2N3O4S. The monoisotopic (exact) mass is 569 g/mol. The Morgan fingerprint density at radius 3 is 2.38 bits per heavy atom. The number of hydrogen-bond acceptors (Lipinski definition) is 5. The van der Waals surface area contributed by atoms with Crippen LogP contribution in [0.4, 0.5) is 14.5 Å². The SMILES string of the molecule is CC(c1ccc(CC(=O)Nc2cc(Cl)c(C3(c4nc(C5CC(F)(F)C5)no4)CC3)c(Cl)c2)cc1)S(=O)O. The van der Waals surface area contributed by atoms with Crippen molar-refractivity contribution in [2.24, 2.45) is 0 Å². The van der Waals surface area contributed by atoms with Crippen molar-refractivity contribution in [3.8, 4) is 0 Å². The van der Waals surface area contributed by atoms with E-state index in [1.165, 1.54) is 0 Å². The van der Waals surface area contributed by atoms with Crippen molar-refractivity contribution in [3.63, 3.8) is 0 Å². The number of amides is 1. The highest BCUT2D eigenvalue weighted by molar-refractivity contribution is 7.79. The Labute approximate surface area is 224 Å². The van der Waals surface area contributed by atoms with Gasteiger partial charge >= 0.3 is 0 Å². The van der Waals surface area contributed by atoms with E-state index in [2.05, 4.69) is 15.5 Å². The zero-order valence-electron chi connectivity index (χ0n) is 19.6. The van der Waals surface area contributed by atoms with Crippen LogP contribution in [0.3, 0.4) is 0 Å². The van der Waals surface area contributed by atoms with Gasteiger partial charge < -0.3 is 14.4 Å². The molecule has 2 unspecified atom stereocenters. The van der Waals surface area contributed by atoms with Gasteiger partial charge in [-0.05, 0) is 43.0 Å². The number of nitrogens with zero attached hydrogens (tertiary/aromatic N) is 2. The molecule has 2 aliphatic carbocycles. The molecule has 1 heterocycles. The zero-order valence-corrected chi connectivity index (χ0v) is 22.0. The lowest BCUT2D eigenvalue weighted by molar-refractivity contribution is -0.115. The Kier molecular flexibility index (Phi) is 6.89. The lowest BCUT2D eigenvalue weighted by Crippen LogP contribution is -2.34. The normalized spacial score (nSPS) is 19.6. The summed E-state index contributed by atoms with van der Waals surface area (Å²) in [5.74, 6) is -2.81. The van der Waals surface area contributed by atoms with Crippen LogP contribution in [-0.2, 0) is 27.7 Å². The van der Waals surface area contributed by atoms with Crippen molar-refractivity contribution < 1.29 is 26.9 Å². The van der Waals surface area contributed by atoms with Crippen molar-refractivity contribution in [3.05, 3.63) is 74.8 Å². The first kappa shape index (κ1) is 26.2. The highest BCUT2D eigenvalue weighted by Crippen LogP contribution is 2.58. The lowest BCUT2D eigenvalue weighted by Gasteiger charge is -2.32. The maximum atomic E-state index is 13.2. The van der Waals surface area contributed by atoms with Crippen LogP contribution in [-0.4, -0.2) is 30.7 Å². The van der Waals surface area contributed by atoms with Gasteiger partial charge in [-0.2, -0.15) is 4.98 Å². The Bertz CT molecular complexity index is 1350. The fraction of sp³-hybridized carbons (Fsp3) is 0.400. The van der Waals surface area contributed by atoms with E-state index in [0.717, 1.165) is 5.56 Å². The Hall–Kier alpha value is -2.40. The van der Waals surface area contributed by atoms with E-state index >= 15 is 0 Å². The van der Waals surface area contributed by atoms with Gasteiger partial charge in [0.2, 0.25) is 17.7 Å². The molecule has 2 saturated carbocycles. The Balaban J connectivity index is 1.28. The molecule has 2 aromatic carbocycles. The number of alkyl halides is 2. The number of halogens is 4. The Morgan fingerprint density at radius 2 is 1.84 bits per heavy atom. The molecule has 2 aliphatic rings. The van der Waals surface area contributed by atoms with E-state index in [9.17, 15) is 22.3 Å². The van der Waals surface area contributed by atoms with E-state index in [1.54, 1.807) is 43.3 Å². The smallest absolute Gasteiger partial charge is 0.249 e. The number of nitrogens with one attached hydrogen (secondary N) is 1. The van der Waals surface area contributed by atoms with Gasteiger partial charge in [0.05, 0.1) is 17.1 Å². The van der Waals surface area contributed by atoms with E-state index in [4.69, 9.17) is 27.7 Å².